The first-order valence-corrected chi connectivity index (χ1v) is 6.91. The maximum atomic E-state index is 5.85. The van der Waals surface area contributed by atoms with Crippen LogP contribution in [0.1, 0.15) is 44.5 Å². The first-order chi connectivity index (χ1) is 7.76. The molecular weight excluding hydrogens is 268 g/mol. The standard InChI is InChI=1S/C12H19BrN2O/c1-3-10-12(13)11(15(4-2)14-10)8-16-9-6-5-7-9/h9H,3-8H2,1-2H3. The van der Waals surface area contributed by atoms with Gasteiger partial charge in [-0.15, -0.1) is 0 Å². The molecule has 1 aromatic rings. The summed E-state index contributed by atoms with van der Waals surface area (Å²) >= 11 is 3.63. The number of hydrogen-bond acceptors (Lipinski definition) is 2. The van der Waals surface area contributed by atoms with Crippen molar-refractivity contribution in [2.24, 2.45) is 0 Å². The van der Waals surface area contributed by atoms with Crippen LogP contribution in [0.15, 0.2) is 4.47 Å². The van der Waals surface area contributed by atoms with Gasteiger partial charge in [-0.05, 0) is 48.5 Å². The number of aryl methyl sites for hydroxylation is 2. The summed E-state index contributed by atoms with van der Waals surface area (Å²) in [7, 11) is 0. The molecule has 2 rings (SSSR count). The molecule has 0 amide bonds. The highest BCUT2D eigenvalue weighted by Gasteiger charge is 2.20. The molecule has 0 N–H and O–H groups in total. The van der Waals surface area contributed by atoms with E-state index in [1.54, 1.807) is 0 Å². The third kappa shape index (κ3) is 2.33. The van der Waals surface area contributed by atoms with Crippen LogP contribution in [-0.4, -0.2) is 15.9 Å². The second-order valence-corrected chi connectivity index (χ2v) is 5.03. The van der Waals surface area contributed by atoms with Gasteiger partial charge in [-0.1, -0.05) is 6.92 Å². The number of aromatic nitrogens is 2. The van der Waals surface area contributed by atoms with E-state index < -0.39 is 0 Å². The Morgan fingerprint density at radius 3 is 2.69 bits per heavy atom. The van der Waals surface area contributed by atoms with Crippen molar-refractivity contribution in [1.29, 1.82) is 0 Å². The second-order valence-electron chi connectivity index (χ2n) is 4.24. The van der Waals surface area contributed by atoms with Crippen LogP contribution in [0.25, 0.3) is 0 Å². The van der Waals surface area contributed by atoms with Crippen LogP contribution < -0.4 is 0 Å². The fourth-order valence-electron chi connectivity index (χ4n) is 1.89. The van der Waals surface area contributed by atoms with Crippen LogP contribution in [-0.2, 0) is 24.3 Å². The molecule has 1 aliphatic rings. The summed E-state index contributed by atoms with van der Waals surface area (Å²) in [6.07, 6.45) is 5.21. The molecule has 16 heavy (non-hydrogen) atoms. The van der Waals surface area contributed by atoms with Gasteiger partial charge in [0, 0.05) is 6.54 Å². The van der Waals surface area contributed by atoms with E-state index in [0.717, 1.165) is 23.1 Å². The van der Waals surface area contributed by atoms with Gasteiger partial charge < -0.3 is 4.74 Å². The van der Waals surface area contributed by atoms with Gasteiger partial charge in [0.25, 0.3) is 0 Å². The van der Waals surface area contributed by atoms with E-state index in [-0.39, 0.29) is 0 Å². The van der Waals surface area contributed by atoms with Gasteiger partial charge in [-0.25, -0.2) is 0 Å². The molecule has 0 aromatic carbocycles. The Hall–Kier alpha value is -0.350. The summed E-state index contributed by atoms with van der Waals surface area (Å²) in [6.45, 7) is 5.84. The molecule has 4 heteroatoms. The third-order valence-corrected chi connectivity index (χ3v) is 4.12. The minimum Gasteiger partial charge on any atom is -0.372 e. The van der Waals surface area contributed by atoms with Gasteiger partial charge in [-0.3, -0.25) is 4.68 Å². The molecule has 1 aromatic heterocycles. The Kier molecular flexibility index (Phi) is 4.03. The molecule has 1 heterocycles. The first-order valence-electron chi connectivity index (χ1n) is 6.11. The molecule has 1 aliphatic carbocycles. The molecule has 0 atom stereocenters. The van der Waals surface area contributed by atoms with E-state index in [9.17, 15) is 0 Å². The molecule has 1 fully saturated rings. The Balaban J connectivity index is 2.07. The van der Waals surface area contributed by atoms with Crippen molar-refractivity contribution in [3.63, 3.8) is 0 Å². The van der Waals surface area contributed by atoms with Crippen LogP contribution in [0.2, 0.25) is 0 Å². The van der Waals surface area contributed by atoms with Gasteiger partial charge in [0.1, 0.15) is 0 Å². The summed E-state index contributed by atoms with van der Waals surface area (Å²) in [5.41, 5.74) is 2.32. The molecule has 0 aliphatic heterocycles. The summed E-state index contributed by atoms with van der Waals surface area (Å²) in [4.78, 5) is 0. The van der Waals surface area contributed by atoms with Crippen molar-refractivity contribution in [2.75, 3.05) is 0 Å². The van der Waals surface area contributed by atoms with Crippen molar-refractivity contribution in [3.05, 3.63) is 15.9 Å². The molecule has 1 saturated carbocycles. The van der Waals surface area contributed by atoms with Gasteiger partial charge >= 0.3 is 0 Å². The molecule has 3 nitrogen and oxygen atoms in total. The van der Waals surface area contributed by atoms with Crippen molar-refractivity contribution in [1.82, 2.24) is 9.78 Å². The largest absolute Gasteiger partial charge is 0.372 e. The minimum absolute atomic E-state index is 0.484. The molecule has 90 valence electrons. The fraction of sp³-hybridized carbons (Fsp3) is 0.750. The molecule has 0 saturated heterocycles. The van der Waals surface area contributed by atoms with Crippen LogP contribution in [0.3, 0.4) is 0 Å². The lowest BCUT2D eigenvalue weighted by atomic mass is 9.96. The number of rotatable bonds is 5. The number of hydrogen-bond donors (Lipinski definition) is 0. The lowest BCUT2D eigenvalue weighted by Crippen LogP contribution is -2.22. The summed E-state index contributed by atoms with van der Waals surface area (Å²) in [5, 5.41) is 4.56. The van der Waals surface area contributed by atoms with Crippen molar-refractivity contribution >= 4 is 15.9 Å². The quantitative estimate of drug-likeness (QED) is 0.831. The molecule has 0 bridgehead atoms. The number of halogens is 1. The van der Waals surface area contributed by atoms with Gasteiger partial charge in [0.2, 0.25) is 0 Å². The smallest absolute Gasteiger partial charge is 0.0900 e. The van der Waals surface area contributed by atoms with Crippen LogP contribution in [0, 0.1) is 0 Å². The van der Waals surface area contributed by atoms with E-state index in [2.05, 4.69) is 34.9 Å². The Labute approximate surface area is 105 Å². The lowest BCUT2D eigenvalue weighted by Gasteiger charge is -2.25. The molecule has 0 radical (unpaired) electrons. The third-order valence-electron chi connectivity index (χ3n) is 3.20. The first kappa shape index (κ1) is 12.1. The zero-order valence-corrected chi connectivity index (χ0v) is 11.6. The molecule has 0 spiro atoms. The Bertz CT molecular complexity index is 358. The maximum Gasteiger partial charge on any atom is 0.0900 e. The van der Waals surface area contributed by atoms with E-state index in [1.807, 2.05) is 4.68 Å². The van der Waals surface area contributed by atoms with E-state index >= 15 is 0 Å². The number of ether oxygens (including phenoxy) is 1. The van der Waals surface area contributed by atoms with E-state index in [1.165, 1.54) is 25.0 Å². The summed E-state index contributed by atoms with van der Waals surface area (Å²) in [5.74, 6) is 0. The monoisotopic (exact) mass is 286 g/mol. The zero-order chi connectivity index (χ0) is 11.5. The SMILES string of the molecule is CCc1nn(CC)c(COC2CCC2)c1Br. The van der Waals surface area contributed by atoms with Crippen LogP contribution in [0.5, 0.6) is 0 Å². The Morgan fingerprint density at radius 1 is 1.44 bits per heavy atom. The maximum absolute atomic E-state index is 5.85. The van der Waals surface area contributed by atoms with Crippen LogP contribution in [0.4, 0.5) is 0 Å². The highest BCUT2D eigenvalue weighted by Crippen LogP contribution is 2.27. The van der Waals surface area contributed by atoms with Crippen molar-refractivity contribution in [2.45, 2.75) is 58.8 Å². The fourth-order valence-corrected chi connectivity index (χ4v) is 2.57. The van der Waals surface area contributed by atoms with Gasteiger partial charge in [0.15, 0.2) is 0 Å². The average molecular weight is 287 g/mol. The summed E-state index contributed by atoms with van der Waals surface area (Å²) < 4.78 is 9.03. The number of nitrogens with zero attached hydrogens (tertiary/aromatic N) is 2. The highest BCUT2D eigenvalue weighted by atomic mass is 79.9. The van der Waals surface area contributed by atoms with Crippen molar-refractivity contribution in [3.8, 4) is 0 Å². The Morgan fingerprint density at radius 2 is 2.19 bits per heavy atom. The molecule has 0 unspecified atom stereocenters. The van der Waals surface area contributed by atoms with E-state index in [0.29, 0.717) is 12.7 Å². The predicted octanol–water partition coefficient (Wildman–Crippen LogP) is 3.30. The molecular formula is C12H19BrN2O. The normalized spacial score (nSPS) is 16.4. The van der Waals surface area contributed by atoms with Crippen LogP contribution >= 0.6 is 15.9 Å². The average Bonchev–Trinajstić information content (AvgIpc) is 2.53. The zero-order valence-electron chi connectivity index (χ0n) is 10.0. The topological polar surface area (TPSA) is 27.1 Å². The van der Waals surface area contributed by atoms with Gasteiger partial charge in [-0.2, -0.15) is 5.10 Å². The predicted molar refractivity (Wildman–Crippen MR) is 67.4 cm³/mol. The van der Waals surface area contributed by atoms with Gasteiger partial charge in [0.05, 0.1) is 28.6 Å². The summed E-state index contributed by atoms with van der Waals surface area (Å²) in [6, 6.07) is 0. The highest BCUT2D eigenvalue weighted by molar-refractivity contribution is 9.10. The minimum atomic E-state index is 0.484. The van der Waals surface area contributed by atoms with Crippen molar-refractivity contribution < 1.29 is 4.74 Å². The lowest BCUT2D eigenvalue weighted by molar-refractivity contribution is -0.0118. The van der Waals surface area contributed by atoms with E-state index in [4.69, 9.17) is 4.74 Å². The second kappa shape index (κ2) is 5.32.